The lowest BCUT2D eigenvalue weighted by Crippen LogP contribution is -2.38. The normalized spacial score (nSPS) is 25.5. The summed E-state index contributed by atoms with van der Waals surface area (Å²) in [6.45, 7) is 2.08. The number of aliphatic imine (C=N–C) groups is 1. The van der Waals surface area contributed by atoms with Gasteiger partial charge in [0, 0.05) is 22.0 Å². The van der Waals surface area contributed by atoms with Gasteiger partial charge in [-0.3, -0.25) is 9.79 Å². The predicted molar refractivity (Wildman–Crippen MR) is 99.5 cm³/mol. The molecule has 0 aliphatic heterocycles. The van der Waals surface area contributed by atoms with Crippen molar-refractivity contribution in [3.8, 4) is 0 Å². The number of aryl methyl sites for hydroxylation is 1. The largest absolute Gasteiger partial charge is 0.349 e. The molecule has 1 N–H and O–H groups in total. The van der Waals surface area contributed by atoms with E-state index in [-0.39, 0.29) is 5.91 Å². The number of thiophene rings is 1. The molecule has 2 bridgehead atoms. The molecule has 4 rings (SSSR count). The lowest BCUT2D eigenvalue weighted by molar-refractivity contribution is 0.0923. The predicted octanol–water partition coefficient (Wildman–Crippen LogP) is 4.73. The smallest absolute Gasteiger partial charge is 0.253 e. The van der Waals surface area contributed by atoms with E-state index in [4.69, 9.17) is 0 Å². The number of hydrogen-bond donors (Lipinski definition) is 1. The summed E-state index contributed by atoms with van der Waals surface area (Å²) in [6.07, 6.45) is 6.91. The van der Waals surface area contributed by atoms with Crippen molar-refractivity contribution in [2.24, 2.45) is 16.8 Å². The first-order valence-corrected chi connectivity index (χ1v) is 9.51. The van der Waals surface area contributed by atoms with E-state index in [0.717, 1.165) is 22.9 Å². The number of carbonyl (C=O) groups excluding carboxylic acids is 1. The summed E-state index contributed by atoms with van der Waals surface area (Å²) in [4.78, 5) is 19.7. The summed E-state index contributed by atoms with van der Waals surface area (Å²) in [5.74, 6) is 1.53. The van der Waals surface area contributed by atoms with Crippen molar-refractivity contribution in [2.45, 2.75) is 38.6 Å². The van der Waals surface area contributed by atoms with Crippen LogP contribution in [0.2, 0.25) is 0 Å². The van der Waals surface area contributed by atoms with Gasteiger partial charge in [-0.1, -0.05) is 18.6 Å². The Balaban J connectivity index is 1.50. The molecule has 4 heteroatoms. The van der Waals surface area contributed by atoms with Gasteiger partial charge >= 0.3 is 0 Å². The van der Waals surface area contributed by atoms with Crippen LogP contribution in [0, 0.1) is 18.8 Å². The first-order chi connectivity index (χ1) is 11.7. The Morgan fingerprint density at radius 1 is 1.21 bits per heavy atom. The summed E-state index contributed by atoms with van der Waals surface area (Å²) >= 11 is 1.71. The average Bonchev–Trinajstić information content (AvgIpc) is 3.30. The van der Waals surface area contributed by atoms with Crippen molar-refractivity contribution >= 4 is 29.1 Å². The summed E-state index contributed by atoms with van der Waals surface area (Å²) in [5.41, 5.74) is 1.41. The fourth-order valence-electron chi connectivity index (χ4n) is 4.10. The van der Waals surface area contributed by atoms with Crippen molar-refractivity contribution in [1.29, 1.82) is 0 Å². The van der Waals surface area contributed by atoms with Gasteiger partial charge in [0.2, 0.25) is 0 Å². The molecule has 24 heavy (non-hydrogen) atoms. The number of nitrogens with zero attached hydrogens (tertiary/aromatic N) is 1. The lowest BCUT2D eigenvalue weighted by atomic mass is 9.95. The van der Waals surface area contributed by atoms with Crippen LogP contribution in [0.3, 0.4) is 0 Å². The van der Waals surface area contributed by atoms with E-state index in [1.54, 1.807) is 11.3 Å². The molecule has 1 amide bonds. The van der Waals surface area contributed by atoms with Gasteiger partial charge in [0.15, 0.2) is 0 Å². The summed E-state index contributed by atoms with van der Waals surface area (Å²) < 4.78 is 0. The van der Waals surface area contributed by atoms with E-state index in [2.05, 4.69) is 29.4 Å². The molecule has 0 radical (unpaired) electrons. The summed E-state index contributed by atoms with van der Waals surface area (Å²) in [6, 6.07) is 12.1. The fraction of sp³-hybridized carbons (Fsp3) is 0.400. The highest BCUT2D eigenvalue weighted by Gasteiger charge is 2.40. The van der Waals surface area contributed by atoms with Gasteiger partial charge in [-0.25, -0.2) is 0 Å². The van der Waals surface area contributed by atoms with Crippen LogP contribution in [-0.4, -0.2) is 18.2 Å². The second-order valence-electron chi connectivity index (χ2n) is 6.98. The van der Waals surface area contributed by atoms with Crippen molar-refractivity contribution in [1.82, 2.24) is 5.32 Å². The second kappa shape index (κ2) is 6.52. The number of benzene rings is 1. The van der Waals surface area contributed by atoms with Gasteiger partial charge in [0.05, 0.1) is 11.3 Å². The number of carbonyl (C=O) groups is 1. The van der Waals surface area contributed by atoms with Crippen molar-refractivity contribution in [3.05, 3.63) is 51.7 Å². The quantitative estimate of drug-likeness (QED) is 0.805. The van der Waals surface area contributed by atoms with Crippen molar-refractivity contribution in [3.63, 3.8) is 0 Å². The maximum atomic E-state index is 12.7. The van der Waals surface area contributed by atoms with Crippen LogP contribution in [0.4, 0.5) is 5.69 Å². The molecule has 2 saturated carbocycles. The Labute approximate surface area is 146 Å². The van der Waals surface area contributed by atoms with E-state index < -0.39 is 0 Å². The van der Waals surface area contributed by atoms with E-state index in [9.17, 15) is 4.79 Å². The van der Waals surface area contributed by atoms with Gasteiger partial charge in [-0.2, -0.15) is 0 Å². The minimum atomic E-state index is 0.0164. The maximum Gasteiger partial charge on any atom is 0.253 e. The molecule has 3 atom stereocenters. The highest BCUT2D eigenvalue weighted by molar-refractivity contribution is 7.13. The molecule has 0 unspecified atom stereocenters. The Bertz CT molecular complexity index is 779. The zero-order chi connectivity index (χ0) is 16.5. The van der Waals surface area contributed by atoms with Gasteiger partial charge < -0.3 is 5.32 Å². The number of hydrogen-bond acceptors (Lipinski definition) is 3. The fourth-order valence-corrected chi connectivity index (χ4v) is 4.85. The molecule has 2 aliphatic rings. The highest BCUT2D eigenvalue weighted by Crippen LogP contribution is 2.44. The molecule has 0 saturated heterocycles. The van der Waals surface area contributed by atoms with E-state index >= 15 is 0 Å². The van der Waals surface area contributed by atoms with Gasteiger partial charge in [0.1, 0.15) is 0 Å². The third-order valence-corrected chi connectivity index (χ3v) is 6.23. The molecule has 0 spiro atoms. The maximum absolute atomic E-state index is 12.7. The Morgan fingerprint density at radius 2 is 2.08 bits per heavy atom. The molecule has 2 aromatic rings. The standard InChI is InChI=1S/C20H22N2OS/c1-13-6-9-16(24-13)12-21-18-5-3-2-4-17(18)20(23)22-19-11-14-7-8-15(19)10-14/h2-6,9,12,14-15,19H,7-8,10-11H2,1H3,(H,22,23)/t14-,15+,19+/m1/s1. The lowest BCUT2D eigenvalue weighted by Gasteiger charge is -2.23. The van der Waals surface area contributed by atoms with Gasteiger partial charge in [0.25, 0.3) is 5.91 Å². The number of nitrogens with one attached hydrogen (secondary N) is 1. The van der Waals surface area contributed by atoms with Crippen LogP contribution in [0.5, 0.6) is 0 Å². The Hall–Kier alpha value is -1.94. The Kier molecular flexibility index (Phi) is 4.23. The van der Waals surface area contributed by atoms with Crippen molar-refractivity contribution < 1.29 is 4.79 Å². The molecular formula is C20H22N2OS. The first kappa shape index (κ1) is 15.6. The molecule has 1 aromatic carbocycles. The van der Waals surface area contributed by atoms with Crippen molar-refractivity contribution in [2.75, 3.05) is 0 Å². The zero-order valence-corrected chi connectivity index (χ0v) is 14.7. The SMILES string of the molecule is Cc1ccc(C=Nc2ccccc2C(=O)N[C@H]2C[C@@H]3CC[C@H]2C3)s1. The molecule has 3 nitrogen and oxygen atoms in total. The summed E-state index contributed by atoms with van der Waals surface area (Å²) in [7, 11) is 0. The topological polar surface area (TPSA) is 41.5 Å². The third kappa shape index (κ3) is 3.16. The Morgan fingerprint density at radius 3 is 2.79 bits per heavy atom. The van der Waals surface area contributed by atoms with Crippen LogP contribution >= 0.6 is 11.3 Å². The number of amides is 1. The molecule has 124 valence electrons. The first-order valence-electron chi connectivity index (χ1n) is 8.69. The van der Waals surface area contributed by atoms with Gasteiger partial charge in [-0.15, -0.1) is 11.3 Å². The second-order valence-corrected chi connectivity index (χ2v) is 8.30. The zero-order valence-electron chi connectivity index (χ0n) is 13.9. The van der Waals surface area contributed by atoms with Crippen LogP contribution < -0.4 is 5.32 Å². The summed E-state index contributed by atoms with van der Waals surface area (Å²) in [5, 5.41) is 3.26. The average molecular weight is 338 g/mol. The van der Waals surface area contributed by atoms with E-state index in [1.807, 2.05) is 30.5 Å². The minimum Gasteiger partial charge on any atom is -0.349 e. The third-order valence-electron chi connectivity index (χ3n) is 5.30. The molecule has 2 fully saturated rings. The molecular weight excluding hydrogens is 316 g/mol. The molecule has 1 aromatic heterocycles. The molecule has 1 heterocycles. The van der Waals surface area contributed by atoms with E-state index in [1.165, 1.54) is 24.1 Å². The van der Waals surface area contributed by atoms with Crippen LogP contribution in [0.25, 0.3) is 0 Å². The monoisotopic (exact) mass is 338 g/mol. The van der Waals surface area contributed by atoms with Crippen LogP contribution in [-0.2, 0) is 0 Å². The molecule has 2 aliphatic carbocycles. The van der Waals surface area contributed by atoms with E-state index in [0.29, 0.717) is 17.5 Å². The highest BCUT2D eigenvalue weighted by atomic mass is 32.1. The van der Waals surface area contributed by atoms with Crippen LogP contribution in [0.1, 0.15) is 45.8 Å². The minimum absolute atomic E-state index is 0.0164. The number of fused-ring (bicyclic) bond motifs is 2. The number of para-hydroxylation sites is 1. The van der Waals surface area contributed by atoms with Crippen LogP contribution in [0.15, 0.2) is 41.4 Å². The number of rotatable bonds is 4. The van der Waals surface area contributed by atoms with Gasteiger partial charge in [-0.05, 0) is 62.3 Å².